The summed E-state index contributed by atoms with van der Waals surface area (Å²) in [5.41, 5.74) is 8.55. The van der Waals surface area contributed by atoms with Gasteiger partial charge >= 0.3 is 0 Å². The molecule has 1 amide bonds. The topological polar surface area (TPSA) is 73.6 Å². The molecule has 3 N–H and O–H groups in total. The molecule has 0 radical (unpaired) electrons. The van der Waals surface area contributed by atoms with E-state index in [-0.39, 0.29) is 18.3 Å². The van der Waals surface area contributed by atoms with E-state index >= 15 is 0 Å². The largest absolute Gasteiger partial charge is 0.493 e. The molecule has 1 saturated heterocycles. The van der Waals surface area contributed by atoms with Gasteiger partial charge in [-0.05, 0) is 67.6 Å². The minimum atomic E-state index is -0.166. The first kappa shape index (κ1) is 20.1. The molecule has 140 valence electrons. The molecular formula is C20H25ClN2O3. The van der Waals surface area contributed by atoms with Crippen LogP contribution < -0.4 is 15.8 Å². The van der Waals surface area contributed by atoms with E-state index in [0.717, 1.165) is 43.1 Å². The number of nitrogen functional groups attached to an aromatic ring is 1. The molecule has 3 rings (SSSR count). The number of anilines is 2. The van der Waals surface area contributed by atoms with Crippen LogP contribution in [0.3, 0.4) is 0 Å². The van der Waals surface area contributed by atoms with Crippen molar-refractivity contribution < 1.29 is 14.3 Å². The van der Waals surface area contributed by atoms with Gasteiger partial charge in [-0.25, -0.2) is 0 Å². The molecule has 0 aromatic heterocycles. The molecule has 5 nitrogen and oxygen atoms in total. The molecule has 1 heterocycles. The second kappa shape index (κ2) is 9.46. The van der Waals surface area contributed by atoms with Crippen molar-refractivity contribution in [1.29, 1.82) is 0 Å². The summed E-state index contributed by atoms with van der Waals surface area (Å²) in [7, 11) is 0. The van der Waals surface area contributed by atoms with Crippen molar-refractivity contribution >= 4 is 29.7 Å². The van der Waals surface area contributed by atoms with Gasteiger partial charge in [0.05, 0.1) is 6.61 Å². The van der Waals surface area contributed by atoms with Gasteiger partial charge in [-0.15, -0.1) is 12.4 Å². The van der Waals surface area contributed by atoms with Crippen molar-refractivity contribution in [2.24, 2.45) is 5.92 Å². The zero-order chi connectivity index (χ0) is 17.6. The lowest BCUT2D eigenvalue weighted by Gasteiger charge is -2.22. The Balaban J connectivity index is 0.00000243. The number of ether oxygens (including phenoxy) is 2. The third-order valence-electron chi connectivity index (χ3n) is 4.45. The van der Waals surface area contributed by atoms with E-state index < -0.39 is 0 Å². The summed E-state index contributed by atoms with van der Waals surface area (Å²) >= 11 is 0. The molecule has 6 heteroatoms. The first-order chi connectivity index (χ1) is 12.1. The van der Waals surface area contributed by atoms with Gasteiger partial charge < -0.3 is 20.5 Å². The average Bonchev–Trinajstić information content (AvgIpc) is 2.64. The third kappa shape index (κ3) is 5.38. The predicted molar refractivity (Wildman–Crippen MR) is 106 cm³/mol. The molecule has 1 fully saturated rings. The van der Waals surface area contributed by atoms with Gasteiger partial charge in [-0.2, -0.15) is 0 Å². The number of nitrogens with two attached hydrogens (primary N) is 1. The van der Waals surface area contributed by atoms with Crippen molar-refractivity contribution in [2.45, 2.75) is 19.8 Å². The highest BCUT2D eigenvalue weighted by Crippen LogP contribution is 2.21. The number of aryl methyl sites for hydroxylation is 1. The van der Waals surface area contributed by atoms with Crippen LogP contribution in [-0.2, 0) is 4.74 Å². The fraction of sp³-hybridized carbons (Fsp3) is 0.350. The SMILES string of the molecule is Cc1ccc(N)cc1C(=O)Nc1ccc(OCC2CCOCC2)cc1.Cl. The quantitative estimate of drug-likeness (QED) is 0.772. The van der Waals surface area contributed by atoms with Crippen molar-refractivity contribution in [3.8, 4) is 5.75 Å². The minimum absolute atomic E-state index is 0. The number of rotatable bonds is 5. The van der Waals surface area contributed by atoms with Crippen LogP contribution in [0.2, 0.25) is 0 Å². The highest BCUT2D eigenvalue weighted by Gasteiger charge is 2.14. The summed E-state index contributed by atoms with van der Waals surface area (Å²) < 4.78 is 11.2. The Morgan fingerprint density at radius 1 is 1.19 bits per heavy atom. The number of benzene rings is 2. The number of halogens is 1. The molecule has 26 heavy (non-hydrogen) atoms. The monoisotopic (exact) mass is 376 g/mol. The smallest absolute Gasteiger partial charge is 0.256 e. The highest BCUT2D eigenvalue weighted by atomic mass is 35.5. The van der Waals surface area contributed by atoms with Gasteiger partial charge in [-0.1, -0.05) is 6.07 Å². The number of amides is 1. The summed E-state index contributed by atoms with van der Waals surface area (Å²) in [6.45, 7) is 4.24. The molecule has 2 aromatic carbocycles. The second-order valence-corrected chi connectivity index (χ2v) is 6.42. The van der Waals surface area contributed by atoms with Crippen LogP contribution in [0.1, 0.15) is 28.8 Å². The summed E-state index contributed by atoms with van der Waals surface area (Å²) in [5.74, 6) is 1.20. The summed E-state index contributed by atoms with van der Waals surface area (Å²) in [6, 6.07) is 12.8. The summed E-state index contributed by atoms with van der Waals surface area (Å²) in [4.78, 5) is 12.4. The molecular weight excluding hydrogens is 352 g/mol. The van der Waals surface area contributed by atoms with Gasteiger partial charge in [0.25, 0.3) is 5.91 Å². The number of carbonyl (C=O) groups is 1. The Morgan fingerprint density at radius 2 is 1.88 bits per heavy atom. The van der Waals surface area contributed by atoms with E-state index in [0.29, 0.717) is 23.8 Å². The fourth-order valence-electron chi connectivity index (χ4n) is 2.84. The van der Waals surface area contributed by atoms with Gasteiger partial charge in [0.1, 0.15) is 5.75 Å². The Labute approximate surface area is 160 Å². The molecule has 0 spiro atoms. The molecule has 2 aromatic rings. The molecule has 1 aliphatic heterocycles. The lowest BCUT2D eigenvalue weighted by atomic mass is 10.0. The van der Waals surface area contributed by atoms with Crippen LogP contribution in [0, 0.1) is 12.8 Å². The van der Waals surface area contributed by atoms with Crippen LogP contribution in [0.5, 0.6) is 5.75 Å². The molecule has 0 aliphatic carbocycles. The van der Waals surface area contributed by atoms with Crippen molar-refractivity contribution in [3.05, 3.63) is 53.6 Å². The Hall–Kier alpha value is -2.24. The Morgan fingerprint density at radius 3 is 2.58 bits per heavy atom. The zero-order valence-corrected chi connectivity index (χ0v) is 15.7. The maximum absolute atomic E-state index is 12.4. The number of hydrogen-bond donors (Lipinski definition) is 2. The zero-order valence-electron chi connectivity index (χ0n) is 14.9. The maximum atomic E-state index is 12.4. The van der Waals surface area contributed by atoms with Gasteiger partial charge in [0.15, 0.2) is 0 Å². The van der Waals surface area contributed by atoms with Crippen molar-refractivity contribution in [1.82, 2.24) is 0 Å². The summed E-state index contributed by atoms with van der Waals surface area (Å²) in [6.07, 6.45) is 2.10. The first-order valence-corrected chi connectivity index (χ1v) is 8.60. The van der Waals surface area contributed by atoms with E-state index in [1.165, 1.54) is 0 Å². The molecule has 1 aliphatic rings. The number of nitrogens with one attached hydrogen (secondary N) is 1. The second-order valence-electron chi connectivity index (χ2n) is 6.42. The fourth-order valence-corrected chi connectivity index (χ4v) is 2.84. The Kier molecular flexibility index (Phi) is 7.30. The van der Waals surface area contributed by atoms with Crippen LogP contribution in [0.25, 0.3) is 0 Å². The molecule has 0 unspecified atom stereocenters. The van der Waals surface area contributed by atoms with Crippen LogP contribution in [-0.4, -0.2) is 25.7 Å². The summed E-state index contributed by atoms with van der Waals surface area (Å²) in [5, 5.41) is 2.89. The normalized spacial score (nSPS) is 14.3. The number of carbonyl (C=O) groups excluding carboxylic acids is 1. The lowest BCUT2D eigenvalue weighted by molar-refractivity contribution is 0.0497. The molecule has 0 atom stereocenters. The standard InChI is InChI=1S/C20H24N2O3.ClH/c1-14-2-3-16(21)12-19(14)20(23)22-17-4-6-18(7-5-17)25-13-15-8-10-24-11-9-15;/h2-7,12,15H,8-11,13,21H2,1H3,(H,22,23);1H. The van der Waals surface area contributed by atoms with E-state index in [9.17, 15) is 4.79 Å². The predicted octanol–water partition coefficient (Wildman–Crippen LogP) is 4.06. The van der Waals surface area contributed by atoms with E-state index in [4.69, 9.17) is 15.2 Å². The van der Waals surface area contributed by atoms with E-state index in [1.54, 1.807) is 12.1 Å². The molecule has 0 bridgehead atoms. The maximum Gasteiger partial charge on any atom is 0.256 e. The lowest BCUT2D eigenvalue weighted by Crippen LogP contribution is -2.21. The van der Waals surface area contributed by atoms with Gasteiger partial charge in [-0.3, -0.25) is 4.79 Å². The van der Waals surface area contributed by atoms with E-state index in [1.807, 2.05) is 37.3 Å². The molecule has 0 saturated carbocycles. The number of hydrogen-bond acceptors (Lipinski definition) is 4. The van der Waals surface area contributed by atoms with E-state index in [2.05, 4.69) is 5.32 Å². The average molecular weight is 377 g/mol. The van der Waals surface area contributed by atoms with Gasteiger partial charge in [0, 0.05) is 30.2 Å². The van der Waals surface area contributed by atoms with Crippen LogP contribution in [0.15, 0.2) is 42.5 Å². The highest BCUT2D eigenvalue weighted by molar-refractivity contribution is 6.05. The van der Waals surface area contributed by atoms with Crippen LogP contribution >= 0.6 is 12.4 Å². The van der Waals surface area contributed by atoms with Gasteiger partial charge in [0.2, 0.25) is 0 Å². The van der Waals surface area contributed by atoms with Crippen molar-refractivity contribution in [2.75, 3.05) is 30.9 Å². The first-order valence-electron chi connectivity index (χ1n) is 8.60. The van der Waals surface area contributed by atoms with Crippen molar-refractivity contribution in [3.63, 3.8) is 0 Å². The Bertz CT molecular complexity index is 728. The van der Waals surface area contributed by atoms with Crippen LogP contribution in [0.4, 0.5) is 11.4 Å². The minimum Gasteiger partial charge on any atom is -0.493 e. The third-order valence-corrected chi connectivity index (χ3v) is 4.45.